The van der Waals surface area contributed by atoms with E-state index in [2.05, 4.69) is 123 Å². The largest absolute Gasteiger partial charge is 0.756 e. The molecule has 0 aromatic rings. The van der Waals surface area contributed by atoms with Gasteiger partial charge in [-0.25, -0.2) is 0 Å². The van der Waals surface area contributed by atoms with E-state index >= 15 is 0 Å². The lowest BCUT2D eigenvalue weighted by molar-refractivity contribution is -0.870. The monoisotopic (exact) mass is 1330 g/mol. The van der Waals surface area contributed by atoms with Crippen LogP contribution >= 0.6 is 7.82 Å². The number of hydrogen-bond donors (Lipinski definition) is 0. The second kappa shape index (κ2) is 73.9. The Balaban J connectivity index is 3.94. The van der Waals surface area contributed by atoms with Crippen LogP contribution < -0.4 is 4.89 Å². The third kappa shape index (κ3) is 77.7. The standard InChI is InChI=1S/C84H150NO8P/c1-6-8-10-12-14-16-18-20-22-24-26-28-30-32-34-36-37-38-39-40-41-42-43-44-45-46-47-49-50-52-54-56-58-60-62-64-66-68-70-72-74-76-83(86)90-80-82(81-92-94(88,89)91-79-78-85(3,4)5)93-84(87)77-75-73-71-69-67-65-63-61-59-57-55-53-51-48-35-33-31-29-27-25-23-21-19-17-15-13-11-9-7-2/h9,11,15,17-18,20-21,23-24,26-27,29-30,32-33,35,51,53,82H,6-8,10,12-14,16,19,22,25,28,31,34,36-50,52,54-81H2,1-5H3/b11-9-,17-15-,20-18-,23-21-,26-24-,29-27-,32-30-,35-33-,53-51-. The van der Waals surface area contributed by atoms with Crippen molar-refractivity contribution in [2.24, 2.45) is 0 Å². The molecule has 0 amide bonds. The summed E-state index contributed by atoms with van der Waals surface area (Å²) in [6.07, 6.45) is 105. The van der Waals surface area contributed by atoms with Crippen LogP contribution in [0.1, 0.15) is 361 Å². The van der Waals surface area contributed by atoms with Crippen molar-refractivity contribution >= 4 is 19.8 Å². The van der Waals surface area contributed by atoms with Crippen molar-refractivity contribution < 1.29 is 42.1 Å². The molecule has 0 N–H and O–H groups in total. The lowest BCUT2D eigenvalue weighted by Crippen LogP contribution is -2.37. The summed E-state index contributed by atoms with van der Waals surface area (Å²) in [7, 11) is 1.17. The smallest absolute Gasteiger partial charge is 0.306 e. The van der Waals surface area contributed by atoms with Gasteiger partial charge in [0.05, 0.1) is 27.7 Å². The van der Waals surface area contributed by atoms with Crippen molar-refractivity contribution in [2.75, 3.05) is 47.5 Å². The van der Waals surface area contributed by atoms with E-state index in [-0.39, 0.29) is 32.0 Å². The van der Waals surface area contributed by atoms with E-state index < -0.39 is 26.5 Å². The molecule has 94 heavy (non-hydrogen) atoms. The molecule has 0 radical (unpaired) electrons. The van der Waals surface area contributed by atoms with Crippen LogP contribution in [0.15, 0.2) is 109 Å². The molecule has 0 aliphatic heterocycles. The van der Waals surface area contributed by atoms with Crippen LogP contribution in [0.3, 0.4) is 0 Å². The number of quaternary nitrogens is 1. The molecule has 10 heteroatoms. The fourth-order valence-electron chi connectivity index (χ4n) is 11.3. The number of carbonyl (C=O) groups excluding carboxylic acids is 2. The van der Waals surface area contributed by atoms with E-state index in [1.807, 2.05) is 21.1 Å². The van der Waals surface area contributed by atoms with Crippen molar-refractivity contribution in [3.8, 4) is 0 Å². The molecule has 0 saturated heterocycles. The summed E-state index contributed by atoms with van der Waals surface area (Å²) in [4.78, 5) is 38.2. The van der Waals surface area contributed by atoms with Crippen molar-refractivity contribution in [3.63, 3.8) is 0 Å². The van der Waals surface area contributed by atoms with E-state index in [1.165, 1.54) is 231 Å². The van der Waals surface area contributed by atoms with Crippen LogP contribution in [0.2, 0.25) is 0 Å². The van der Waals surface area contributed by atoms with Gasteiger partial charge >= 0.3 is 11.9 Å². The van der Waals surface area contributed by atoms with Gasteiger partial charge in [-0.05, 0) is 103 Å². The molecule has 0 rings (SSSR count). The lowest BCUT2D eigenvalue weighted by Gasteiger charge is -2.28. The number of ether oxygens (including phenoxy) is 2. The average Bonchev–Trinajstić information content (AvgIpc) is 1.65. The summed E-state index contributed by atoms with van der Waals surface area (Å²) < 4.78 is 34.4. The second-order valence-corrected chi connectivity index (χ2v) is 29.1. The molecule has 2 atom stereocenters. The first kappa shape index (κ1) is 90.7. The predicted octanol–water partition coefficient (Wildman–Crippen LogP) is 25.8. The molecule has 0 aromatic heterocycles. The third-order valence-corrected chi connectivity index (χ3v) is 18.2. The fourth-order valence-corrected chi connectivity index (χ4v) is 12.0. The van der Waals surface area contributed by atoms with Crippen LogP contribution in [-0.2, 0) is 32.7 Å². The van der Waals surface area contributed by atoms with Crippen LogP contribution in [-0.4, -0.2) is 70.0 Å². The summed E-state index contributed by atoms with van der Waals surface area (Å²) in [6.45, 7) is 4.15. The zero-order valence-corrected chi connectivity index (χ0v) is 63.0. The van der Waals surface area contributed by atoms with Gasteiger partial charge in [0.15, 0.2) is 6.10 Å². The highest BCUT2D eigenvalue weighted by atomic mass is 31.2. The topological polar surface area (TPSA) is 111 Å². The Morgan fingerprint density at radius 3 is 0.904 bits per heavy atom. The highest BCUT2D eigenvalue weighted by molar-refractivity contribution is 7.45. The summed E-state index contributed by atoms with van der Waals surface area (Å²) in [6, 6.07) is 0. The van der Waals surface area contributed by atoms with Gasteiger partial charge in [-0.1, -0.05) is 354 Å². The van der Waals surface area contributed by atoms with Crippen LogP contribution in [0, 0.1) is 0 Å². The van der Waals surface area contributed by atoms with E-state index in [0.717, 1.165) is 96.3 Å². The zero-order valence-electron chi connectivity index (χ0n) is 62.1. The van der Waals surface area contributed by atoms with Gasteiger partial charge in [0.2, 0.25) is 0 Å². The van der Waals surface area contributed by atoms with Gasteiger partial charge in [0.25, 0.3) is 7.82 Å². The molecule has 0 aliphatic carbocycles. The Bertz CT molecular complexity index is 1960. The minimum absolute atomic E-state index is 0.0342. The number of likely N-dealkylation sites (N-methyl/N-ethyl adjacent to an activating group) is 1. The highest BCUT2D eigenvalue weighted by Crippen LogP contribution is 2.38. The van der Waals surface area contributed by atoms with Gasteiger partial charge in [0.1, 0.15) is 19.8 Å². The van der Waals surface area contributed by atoms with Crippen LogP contribution in [0.5, 0.6) is 0 Å². The molecule has 0 spiro atoms. The zero-order chi connectivity index (χ0) is 68.3. The predicted molar refractivity (Wildman–Crippen MR) is 406 cm³/mol. The molecule has 0 saturated carbocycles. The Morgan fingerprint density at radius 1 is 0.340 bits per heavy atom. The van der Waals surface area contributed by atoms with Crippen molar-refractivity contribution in [2.45, 2.75) is 367 Å². The molecule has 0 aliphatic rings. The first-order valence-electron chi connectivity index (χ1n) is 39.6. The Labute approximate surface area is 582 Å². The Hall–Kier alpha value is -3.33. The van der Waals surface area contributed by atoms with Crippen molar-refractivity contribution in [1.82, 2.24) is 0 Å². The quantitative estimate of drug-likeness (QED) is 0.0195. The summed E-state index contributed by atoms with van der Waals surface area (Å²) >= 11 is 0. The third-order valence-electron chi connectivity index (χ3n) is 17.3. The number of carbonyl (C=O) groups is 2. The van der Waals surface area contributed by atoms with Crippen molar-refractivity contribution in [1.29, 1.82) is 0 Å². The summed E-state index contributed by atoms with van der Waals surface area (Å²) in [5, 5.41) is 0. The number of phosphoric acid groups is 1. The molecule has 0 heterocycles. The van der Waals surface area contributed by atoms with E-state index in [4.69, 9.17) is 18.5 Å². The minimum atomic E-state index is -4.65. The molecule has 544 valence electrons. The maximum atomic E-state index is 12.9. The maximum Gasteiger partial charge on any atom is 0.306 e. The minimum Gasteiger partial charge on any atom is -0.756 e. The molecule has 2 unspecified atom stereocenters. The number of unbranched alkanes of at least 4 members (excludes halogenated alkanes) is 41. The average molecular weight is 1330 g/mol. The SMILES string of the molecule is CC/C=C\C/C=C\C/C=C\C/C=C\C/C=C\C/C=C\CCCCCCCCCCCCC(=O)OC(COC(=O)CCCCCCCCCCCCCCCCCCCCCCCCCCCC/C=C\C/C=C\C/C=C\CCCCCCC)COP(=O)([O-])OCC[N+](C)(C)C. The number of esters is 2. The van der Waals surface area contributed by atoms with Crippen LogP contribution in [0.25, 0.3) is 0 Å². The second-order valence-electron chi connectivity index (χ2n) is 27.7. The van der Waals surface area contributed by atoms with E-state index in [0.29, 0.717) is 17.4 Å². The molecule has 0 fully saturated rings. The molecule has 9 nitrogen and oxygen atoms in total. The summed E-state index contributed by atoms with van der Waals surface area (Å²) in [5.74, 6) is -0.828. The van der Waals surface area contributed by atoms with Gasteiger partial charge in [-0.3, -0.25) is 14.2 Å². The van der Waals surface area contributed by atoms with E-state index in [1.54, 1.807) is 0 Å². The van der Waals surface area contributed by atoms with Gasteiger partial charge in [-0.2, -0.15) is 0 Å². The number of hydrogen-bond acceptors (Lipinski definition) is 8. The number of nitrogens with zero attached hydrogens (tertiary/aromatic N) is 1. The van der Waals surface area contributed by atoms with Gasteiger partial charge < -0.3 is 27.9 Å². The fraction of sp³-hybridized carbons (Fsp3) is 0.762. The molecular formula is C84H150NO8P. The van der Waals surface area contributed by atoms with Crippen LogP contribution in [0.4, 0.5) is 0 Å². The van der Waals surface area contributed by atoms with Gasteiger partial charge in [-0.15, -0.1) is 0 Å². The highest BCUT2D eigenvalue weighted by Gasteiger charge is 2.22. The first-order valence-corrected chi connectivity index (χ1v) is 41.1. The number of phosphoric ester groups is 1. The Morgan fingerprint density at radius 2 is 0.606 bits per heavy atom. The number of allylic oxidation sites excluding steroid dienone is 18. The normalized spacial score (nSPS) is 13.6. The molecular weight excluding hydrogens is 1180 g/mol. The maximum absolute atomic E-state index is 12.9. The molecule has 0 bridgehead atoms. The van der Waals surface area contributed by atoms with E-state index in [9.17, 15) is 19.0 Å². The first-order chi connectivity index (χ1) is 46.0. The number of rotatable bonds is 73. The van der Waals surface area contributed by atoms with Gasteiger partial charge in [0, 0.05) is 12.8 Å². The summed E-state index contributed by atoms with van der Waals surface area (Å²) in [5.41, 5.74) is 0. The van der Waals surface area contributed by atoms with Crippen molar-refractivity contribution in [3.05, 3.63) is 109 Å². The molecule has 0 aromatic carbocycles. The Kier molecular flexibility index (Phi) is 71.3. The lowest BCUT2D eigenvalue weighted by atomic mass is 10.0.